The number of nitrogen functional groups attached to an aromatic ring is 1. The van der Waals surface area contributed by atoms with Crippen LogP contribution in [0, 0.1) is 0 Å². The molecule has 2 heterocycles. The Labute approximate surface area is 116 Å². The molecule has 0 spiro atoms. The number of nitrogens with zero attached hydrogens (tertiary/aromatic N) is 3. The summed E-state index contributed by atoms with van der Waals surface area (Å²) >= 11 is 6.18. The molecule has 98 valence electrons. The van der Waals surface area contributed by atoms with E-state index in [2.05, 4.69) is 44.6 Å². The fourth-order valence-corrected chi connectivity index (χ4v) is 2.54. The molecule has 1 aliphatic heterocycles. The molecule has 1 aliphatic rings. The van der Waals surface area contributed by atoms with Crippen molar-refractivity contribution in [2.24, 2.45) is 5.84 Å². The number of nitrogens with two attached hydrogens (primary N) is 1. The van der Waals surface area contributed by atoms with Gasteiger partial charge in [0.15, 0.2) is 5.82 Å². The second kappa shape index (κ2) is 5.03. The lowest BCUT2D eigenvalue weighted by atomic mass is 10.00. The van der Waals surface area contributed by atoms with Crippen LogP contribution in [0.4, 0.5) is 11.8 Å². The lowest BCUT2D eigenvalue weighted by Gasteiger charge is -2.30. The van der Waals surface area contributed by atoms with Gasteiger partial charge in [0.2, 0.25) is 5.95 Å². The lowest BCUT2D eigenvalue weighted by Crippen LogP contribution is -2.31. The van der Waals surface area contributed by atoms with Crippen molar-refractivity contribution in [1.82, 2.24) is 9.97 Å². The van der Waals surface area contributed by atoms with Crippen LogP contribution < -0.4 is 16.2 Å². The molecule has 6 heteroatoms. The minimum absolute atomic E-state index is 0.373. The Bertz CT molecular complexity index is 601. The van der Waals surface area contributed by atoms with E-state index in [0.717, 1.165) is 25.3 Å². The van der Waals surface area contributed by atoms with Gasteiger partial charge in [0.25, 0.3) is 0 Å². The summed E-state index contributed by atoms with van der Waals surface area (Å²) in [5.74, 6) is 6.43. The number of aromatic nitrogens is 2. The molecule has 0 aliphatic carbocycles. The maximum atomic E-state index is 6.18. The molecule has 1 aromatic heterocycles. The Balaban J connectivity index is 1.92. The molecule has 3 N–H and O–H groups in total. The van der Waals surface area contributed by atoms with Crippen molar-refractivity contribution in [2.75, 3.05) is 16.9 Å². The predicted octanol–water partition coefficient (Wildman–Crippen LogP) is 1.98. The number of benzene rings is 1. The van der Waals surface area contributed by atoms with Gasteiger partial charge in [-0.15, -0.1) is 0 Å². The maximum Gasteiger partial charge on any atom is 0.239 e. The number of hydrogen-bond acceptors (Lipinski definition) is 5. The zero-order chi connectivity index (χ0) is 13.2. The van der Waals surface area contributed by atoms with Crippen LogP contribution in [0.1, 0.15) is 11.1 Å². The highest BCUT2D eigenvalue weighted by Gasteiger charge is 2.19. The molecule has 0 fully saturated rings. The first kappa shape index (κ1) is 12.2. The topological polar surface area (TPSA) is 67.1 Å². The van der Waals surface area contributed by atoms with E-state index in [9.17, 15) is 0 Å². The minimum Gasteiger partial charge on any atom is -0.351 e. The smallest absolute Gasteiger partial charge is 0.239 e. The van der Waals surface area contributed by atoms with E-state index in [0.29, 0.717) is 11.0 Å². The first-order valence-corrected chi connectivity index (χ1v) is 6.46. The van der Waals surface area contributed by atoms with Gasteiger partial charge >= 0.3 is 0 Å². The third kappa shape index (κ3) is 2.34. The Hall–Kier alpha value is -1.85. The van der Waals surface area contributed by atoms with Crippen LogP contribution in [0.15, 0.2) is 30.5 Å². The molecule has 19 heavy (non-hydrogen) atoms. The zero-order valence-electron chi connectivity index (χ0n) is 10.3. The number of nitrogens with one attached hydrogen (secondary N) is 1. The van der Waals surface area contributed by atoms with E-state index in [-0.39, 0.29) is 0 Å². The summed E-state index contributed by atoms with van der Waals surface area (Å²) in [6.07, 6.45) is 2.56. The summed E-state index contributed by atoms with van der Waals surface area (Å²) in [6.45, 7) is 1.69. The van der Waals surface area contributed by atoms with Gasteiger partial charge in [-0.05, 0) is 17.5 Å². The molecule has 0 saturated carbocycles. The second-order valence-electron chi connectivity index (χ2n) is 4.45. The summed E-state index contributed by atoms with van der Waals surface area (Å²) in [5, 5.41) is 0.540. The van der Waals surface area contributed by atoms with Gasteiger partial charge in [0, 0.05) is 13.1 Å². The van der Waals surface area contributed by atoms with Gasteiger partial charge in [-0.2, -0.15) is 4.98 Å². The standard InChI is InChI=1S/C13H14ClN5/c14-11-7-16-13(18-15)17-12(11)19-6-5-9-3-1-2-4-10(9)8-19/h1-4,7H,5-6,8,15H2,(H,16,17,18). The number of hydrazine groups is 1. The zero-order valence-corrected chi connectivity index (χ0v) is 11.1. The Morgan fingerprint density at radius 3 is 2.84 bits per heavy atom. The molecule has 1 aromatic carbocycles. The quantitative estimate of drug-likeness (QED) is 0.648. The van der Waals surface area contributed by atoms with E-state index in [1.807, 2.05) is 0 Å². The molecule has 0 saturated heterocycles. The molecule has 0 amide bonds. The van der Waals surface area contributed by atoms with Crippen LogP contribution in [0.25, 0.3) is 0 Å². The van der Waals surface area contributed by atoms with E-state index in [4.69, 9.17) is 17.4 Å². The first-order chi connectivity index (χ1) is 9.28. The molecule has 0 unspecified atom stereocenters. The van der Waals surface area contributed by atoms with Gasteiger partial charge < -0.3 is 4.90 Å². The average molecular weight is 276 g/mol. The van der Waals surface area contributed by atoms with Crippen LogP contribution >= 0.6 is 11.6 Å². The Morgan fingerprint density at radius 1 is 1.26 bits per heavy atom. The predicted molar refractivity (Wildman–Crippen MR) is 76.0 cm³/mol. The highest BCUT2D eigenvalue weighted by Crippen LogP contribution is 2.28. The van der Waals surface area contributed by atoms with Gasteiger partial charge in [-0.1, -0.05) is 35.9 Å². The number of halogens is 1. The third-order valence-corrected chi connectivity index (χ3v) is 3.55. The van der Waals surface area contributed by atoms with Crippen molar-refractivity contribution in [2.45, 2.75) is 13.0 Å². The molecular weight excluding hydrogens is 262 g/mol. The normalized spacial score (nSPS) is 14.1. The average Bonchev–Trinajstić information content (AvgIpc) is 2.47. The van der Waals surface area contributed by atoms with E-state index >= 15 is 0 Å². The Morgan fingerprint density at radius 2 is 2.05 bits per heavy atom. The van der Waals surface area contributed by atoms with E-state index in [1.54, 1.807) is 6.20 Å². The van der Waals surface area contributed by atoms with Gasteiger partial charge in [-0.25, -0.2) is 10.8 Å². The highest BCUT2D eigenvalue weighted by molar-refractivity contribution is 6.32. The van der Waals surface area contributed by atoms with E-state index < -0.39 is 0 Å². The summed E-state index contributed by atoms with van der Waals surface area (Å²) < 4.78 is 0. The van der Waals surface area contributed by atoms with Gasteiger partial charge in [-0.3, -0.25) is 5.43 Å². The minimum atomic E-state index is 0.373. The number of anilines is 2. The summed E-state index contributed by atoms with van der Waals surface area (Å²) in [6, 6.07) is 8.43. The van der Waals surface area contributed by atoms with E-state index in [1.165, 1.54) is 11.1 Å². The van der Waals surface area contributed by atoms with Crippen molar-refractivity contribution < 1.29 is 0 Å². The molecule has 2 aromatic rings. The van der Waals surface area contributed by atoms with Crippen molar-refractivity contribution in [1.29, 1.82) is 0 Å². The molecule has 0 radical (unpaired) electrons. The van der Waals surface area contributed by atoms with Gasteiger partial charge in [0.05, 0.1) is 6.20 Å². The largest absolute Gasteiger partial charge is 0.351 e. The summed E-state index contributed by atoms with van der Waals surface area (Å²) in [7, 11) is 0. The fraction of sp³-hybridized carbons (Fsp3) is 0.231. The van der Waals surface area contributed by atoms with Crippen molar-refractivity contribution in [3.8, 4) is 0 Å². The number of hydrogen-bond donors (Lipinski definition) is 2. The van der Waals surface area contributed by atoms with Crippen LogP contribution in [0.3, 0.4) is 0 Å². The summed E-state index contributed by atoms with van der Waals surface area (Å²) in [4.78, 5) is 10.5. The summed E-state index contributed by atoms with van der Waals surface area (Å²) in [5.41, 5.74) is 5.15. The van der Waals surface area contributed by atoms with Crippen LogP contribution in [-0.2, 0) is 13.0 Å². The number of fused-ring (bicyclic) bond motifs is 1. The fourth-order valence-electron chi connectivity index (χ4n) is 2.33. The highest BCUT2D eigenvalue weighted by atomic mass is 35.5. The molecule has 0 atom stereocenters. The monoisotopic (exact) mass is 275 g/mol. The van der Waals surface area contributed by atoms with Crippen molar-refractivity contribution >= 4 is 23.4 Å². The lowest BCUT2D eigenvalue weighted by molar-refractivity contribution is 0.720. The molecular formula is C13H14ClN5. The molecule has 3 rings (SSSR count). The SMILES string of the molecule is NNc1ncc(Cl)c(N2CCc3ccccc3C2)n1. The van der Waals surface area contributed by atoms with Crippen LogP contribution in [0.2, 0.25) is 5.02 Å². The van der Waals surface area contributed by atoms with Crippen LogP contribution in [0.5, 0.6) is 0 Å². The van der Waals surface area contributed by atoms with Crippen LogP contribution in [-0.4, -0.2) is 16.5 Å². The molecule has 0 bridgehead atoms. The third-order valence-electron chi connectivity index (χ3n) is 3.28. The van der Waals surface area contributed by atoms with Crippen molar-refractivity contribution in [3.05, 3.63) is 46.6 Å². The molecule has 5 nitrogen and oxygen atoms in total. The van der Waals surface area contributed by atoms with Crippen molar-refractivity contribution in [3.63, 3.8) is 0 Å². The maximum absolute atomic E-state index is 6.18. The van der Waals surface area contributed by atoms with Gasteiger partial charge in [0.1, 0.15) is 5.02 Å². The Kier molecular flexibility index (Phi) is 3.23. The second-order valence-corrected chi connectivity index (χ2v) is 4.86. The first-order valence-electron chi connectivity index (χ1n) is 6.09. The number of rotatable bonds is 2.